The smallest absolute Gasteiger partial charge is 0.355 e. The van der Waals surface area contributed by atoms with Gasteiger partial charge in [0.1, 0.15) is 12.3 Å². The molecule has 0 saturated carbocycles. The Morgan fingerprint density at radius 3 is 2.47 bits per heavy atom. The lowest BCUT2D eigenvalue weighted by molar-refractivity contribution is 0.0461. The fraction of sp³-hybridized carbons (Fsp3) is 0.214. The lowest BCUT2D eigenvalue weighted by Crippen LogP contribution is -2.09. The van der Waals surface area contributed by atoms with Gasteiger partial charge in [0.05, 0.1) is 12.3 Å². The molecule has 1 aromatic carbocycles. The van der Waals surface area contributed by atoms with E-state index in [4.69, 9.17) is 15.6 Å². The molecule has 0 radical (unpaired) electrons. The third-order valence-electron chi connectivity index (χ3n) is 2.81. The summed E-state index contributed by atoms with van der Waals surface area (Å²) in [5, 5.41) is 8.93. The fourth-order valence-corrected chi connectivity index (χ4v) is 1.76. The number of nitrogens with two attached hydrogens (primary N) is 1. The average molecular weight is 260 g/mol. The summed E-state index contributed by atoms with van der Waals surface area (Å²) in [6.07, 6.45) is 1.66. The maximum atomic E-state index is 11.8. The second kappa shape index (κ2) is 5.58. The molecule has 2 rings (SSSR count). The molecule has 0 atom stereocenters. The number of ether oxygens (including phenoxy) is 1. The summed E-state index contributed by atoms with van der Waals surface area (Å²) in [5.41, 5.74) is 8.25. The molecule has 1 heterocycles. The van der Waals surface area contributed by atoms with Crippen LogP contribution in [0.15, 0.2) is 36.5 Å². The molecule has 5 nitrogen and oxygen atoms in total. The number of nitrogens with zero attached hydrogens (tertiary/aromatic N) is 1. The van der Waals surface area contributed by atoms with Crippen LogP contribution in [0.2, 0.25) is 0 Å². The topological polar surface area (TPSA) is 77.5 Å². The van der Waals surface area contributed by atoms with Gasteiger partial charge in [0.25, 0.3) is 0 Å². The van der Waals surface area contributed by atoms with Crippen molar-refractivity contribution >= 4 is 11.7 Å². The number of rotatable bonds is 4. The van der Waals surface area contributed by atoms with Crippen molar-refractivity contribution in [3.63, 3.8) is 0 Å². The molecule has 0 spiro atoms. The molecule has 0 aliphatic carbocycles. The molecule has 1 aromatic heterocycles. The Kier molecular flexibility index (Phi) is 3.87. The Morgan fingerprint density at radius 2 is 1.95 bits per heavy atom. The first-order valence-corrected chi connectivity index (χ1v) is 5.88. The third kappa shape index (κ3) is 3.14. The minimum atomic E-state index is -0.412. The zero-order valence-corrected chi connectivity index (χ0v) is 10.7. The normalized spacial score (nSPS) is 10.4. The monoisotopic (exact) mass is 260 g/mol. The SMILES string of the molecule is Cn1cc(N)cc1C(=O)OCc1ccc(CO)cc1. The van der Waals surface area contributed by atoms with Crippen molar-refractivity contribution in [3.05, 3.63) is 53.3 Å². The van der Waals surface area contributed by atoms with E-state index in [2.05, 4.69) is 0 Å². The Morgan fingerprint density at radius 1 is 1.32 bits per heavy atom. The largest absolute Gasteiger partial charge is 0.456 e. The van der Waals surface area contributed by atoms with Gasteiger partial charge in [-0.2, -0.15) is 0 Å². The van der Waals surface area contributed by atoms with Gasteiger partial charge in [-0.05, 0) is 17.2 Å². The Hall–Kier alpha value is -2.27. The van der Waals surface area contributed by atoms with Crippen LogP contribution in [0, 0.1) is 0 Å². The molecule has 100 valence electrons. The van der Waals surface area contributed by atoms with Gasteiger partial charge in [0.2, 0.25) is 0 Å². The first-order valence-electron chi connectivity index (χ1n) is 5.88. The van der Waals surface area contributed by atoms with Gasteiger partial charge in [-0.15, -0.1) is 0 Å². The summed E-state index contributed by atoms with van der Waals surface area (Å²) in [6.45, 7) is 0.193. The van der Waals surface area contributed by atoms with Crippen LogP contribution < -0.4 is 5.73 Å². The highest BCUT2D eigenvalue weighted by Gasteiger charge is 2.12. The maximum absolute atomic E-state index is 11.8. The molecule has 0 saturated heterocycles. The van der Waals surface area contributed by atoms with Gasteiger partial charge in [-0.3, -0.25) is 0 Å². The minimum Gasteiger partial charge on any atom is -0.456 e. The first kappa shape index (κ1) is 13.2. The van der Waals surface area contributed by atoms with Crippen molar-refractivity contribution in [1.29, 1.82) is 0 Å². The first-order chi connectivity index (χ1) is 9.10. The highest BCUT2D eigenvalue weighted by atomic mass is 16.5. The van der Waals surface area contributed by atoms with Crippen molar-refractivity contribution < 1.29 is 14.6 Å². The van der Waals surface area contributed by atoms with Gasteiger partial charge in [0, 0.05) is 13.2 Å². The standard InChI is InChI=1S/C14H16N2O3/c1-16-7-12(15)6-13(16)14(18)19-9-11-4-2-10(8-17)3-5-11/h2-7,17H,8-9,15H2,1H3. The molecule has 5 heteroatoms. The summed E-state index contributed by atoms with van der Waals surface area (Å²) < 4.78 is 6.84. The number of carbonyl (C=O) groups is 1. The highest BCUT2D eigenvalue weighted by molar-refractivity contribution is 5.89. The summed E-state index contributed by atoms with van der Waals surface area (Å²) >= 11 is 0. The summed E-state index contributed by atoms with van der Waals surface area (Å²) in [5.74, 6) is -0.412. The summed E-state index contributed by atoms with van der Waals surface area (Å²) in [4.78, 5) is 11.8. The lowest BCUT2D eigenvalue weighted by atomic mass is 10.1. The van der Waals surface area contributed by atoms with Crippen LogP contribution in [0.4, 0.5) is 5.69 Å². The molecule has 0 fully saturated rings. The van der Waals surface area contributed by atoms with E-state index in [1.807, 2.05) is 12.1 Å². The molecule has 19 heavy (non-hydrogen) atoms. The van der Waals surface area contributed by atoms with Gasteiger partial charge < -0.3 is 20.1 Å². The predicted molar refractivity (Wildman–Crippen MR) is 71.3 cm³/mol. The number of aliphatic hydroxyl groups excluding tert-OH is 1. The van der Waals surface area contributed by atoms with Crippen LogP contribution in [-0.4, -0.2) is 15.6 Å². The highest BCUT2D eigenvalue weighted by Crippen LogP contribution is 2.12. The Labute approximate surface area is 111 Å². The van der Waals surface area contributed by atoms with Crippen LogP contribution in [0.1, 0.15) is 21.6 Å². The predicted octanol–water partition coefficient (Wildman–Crippen LogP) is 1.46. The van der Waals surface area contributed by atoms with Crippen LogP contribution in [0.3, 0.4) is 0 Å². The van der Waals surface area contributed by atoms with E-state index in [-0.39, 0.29) is 13.2 Å². The molecule has 0 aliphatic heterocycles. The molecule has 0 aliphatic rings. The minimum absolute atomic E-state index is 0.00267. The number of esters is 1. The molecule has 2 aromatic rings. The molecule has 0 amide bonds. The number of hydrogen-bond donors (Lipinski definition) is 2. The Balaban J connectivity index is 1.98. The van der Waals surface area contributed by atoms with E-state index in [0.717, 1.165) is 11.1 Å². The lowest BCUT2D eigenvalue weighted by Gasteiger charge is -2.06. The fourth-order valence-electron chi connectivity index (χ4n) is 1.76. The maximum Gasteiger partial charge on any atom is 0.355 e. The summed E-state index contributed by atoms with van der Waals surface area (Å²) in [7, 11) is 1.74. The van der Waals surface area contributed by atoms with Crippen LogP contribution in [-0.2, 0) is 25.0 Å². The van der Waals surface area contributed by atoms with Crippen LogP contribution in [0.5, 0.6) is 0 Å². The van der Waals surface area contributed by atoms with Crippen molar-refractivity contribution in [2.45, 2.75) is 13.2 Å². The number of anilines is 1. The van der Waals surface area contributed by atoms with E-state index in [9.17, 15) is 4.79 Å². The van der Waals surface area contributed by atoms with Crippen molar-refractivity contribution in [3.8, 4) is 0 Å². The second-order valence-corrected chi connectivity index (χ2v) is 4.32. The van der Waals surface area contributed by atoms with Gasteiger partial charge in [-0.25, -0.2) is 4.79 Å². The van der Waals surface area contributed by atoms with Crippen LogP contribution >= 0.6 is 0 Å². The van der Waals surface area contributed by atoms with E-state index in [1.54, 1.807) is 36.0 Å². The second-order valence-electron chi connectivity index (χ2n) is 4.32. The van der Waals surface area contributed by atoms with Crippen molar-refractivity contribution in [2.24, 2.45) is 7.05 Å². The quantitative estimate of drug-likeness (QED) is 0.816. The molecule has 3 N–H and O–H groups in total. The van der Waals surface area contributed by atoms with Gasteiger partial charge in [-0.1, -0.05) is 24.3 Å². The third-order valence-corrected chi connectivity index (χ3v) is 2.81. The van der Waals surface area contributed by atoms with Crippen LogP contribution in [0.25, 0.3) is 0 Å². The molecule has 0 bridgehead atoms. The number of carbonyl (C=O) groups excluding carboxylic acids is 1. The van der Waals surface area contributed by atoms with E-state index >= 15 is 0 Å². The zero-order chi connectivity index (χ0) is 13.8. The number of nitrogen functional groups attached to an aromatic ring is 1. The number of benzene rings is 1. The molecule has 0 unspecified atom stereocenters. The number of aliphatic hydroxyl groups is 1. The van der Waals surface area contributed by atoms with Crippen molar-refractivity contribution in [1.82, 2.24) is 4.57 Å². The number of aromatic nitrogens is 1. The van der Waals surface area contributed by atoms with E-state index < -0.39 is 5.97 Å². The summed E-state index contributed by atoms with van der Waals surface area (Å²) in [6, 6.07) is 8.81. The Bertz CT molecular complexity index is 573. The molecular formula is C14H16N2O3. The number of hydrogen-bond acceptors (Lipinski definition) is 4. The van der Waals surface area contributed by atoms with E-state index in [1.165, 1.54) is 0 Å². The van der Waals surface area contributed by atoms with E-state index in [0.29, 0.717) is 11.4 Å². The van der Waals surface area contributed by atoms with Gasteiger partial charge in [0.15, 0.2) is 0 Å². The average Bonchev–Trinajstić information content (AvgIpc) is 2.75. The van der Waals surface area contributed by atoms with Gasteiger partial charge >= 0.3 is 5.97 Å². The molecular weight excluding hydrogens is 244 g/mol. The van der Waals surface area contributed by atoms with Crippen molar-refractivity contribution in [2.75, 3.05) is 5.73 Å². The number of aryl methyl sites for hydroxylation is 1. The zero-order valence-electron chi connectivity index (χ0n) is 10.7.